The molecule has 0 spiro atoms. The molecule has 1 aliphatic heterocycles. The van der Waals surface area contributed by atoms with Crippen molar-refractivity contribution in [3.63, 3.8) is 0 Å². The predicted molar refractivity (Wildman–Crippen MR) is 32.7 cm³/mol. The zero-order chi connectivity index (χ0) is 5.98. The summed E-state index contributed by atoms with van der Waals surface area (Å²) in [6.07, 6.45) is 2.43. The molecule has 0 amide bonds. The molecule has 0 radical (unpaired) electrons. The van der Waals surface area contributed by atoms with Crippen LogP contribution in [0.4, 0.5) is 0 Å². The maximum atomic E-state index is 8.69. The molecule has 1 heterocycles. The van der Waals surface area contributed by atoms with Gasteiger partial charge in [0.25, 0.3) is 0 Å². The second-order valence-electron chi connectivity index (χ2n) is 2.46. The highest BCUT2D eigenvalue weighted by atomic mass is 16.3. The van der Waals surface area contributed by atoms with Crippen LogP contribution >= 0.6 is 0 Å². The van der Waals surface area contributed by atoms with Gasteiger partial charge in [-0.25, -0.2) is 0 Å². The first-order valence-corrected chi connectivity index (χ1v) is 3.15. The van der Waals surface area contributed by atoms with Crippen molar-refractivity contribution in [2.24, 2.45) is 0 Å². The van der Waals surface area contributed by atoms with Gasteiger partial charge in [-0.1, -0.05) is 0 Å². The summed E-state index contributed by atoms with van der Waals surface area (Å²) in [7, 11) is 2.06. The van der Waals surface area contributed by atoms with Gasteiger partial charge in [-0.15, -0.1) is 0 Å². The summed E-state index contributed by atoms with van der Waals surface area (Å²) in [5.74, 6) is 0. The molecule has 1 N–H and O–H groups in total. The van der Waals surface area contributed by atoms with E-state index in [1.165, 1.54) is 12.8 Å². The van der Waals surface area contributed by atoms with E-state index in [1.807, 2.05) is 0 Å². The quantitative estimate of drug-likeness (QED) is 0.525. The Bertz CT molecular complexity index is 74.9. The van der Waals surface area contributed by atoms with Gasteiger partial charge in [-0.05, 0) is 26.4 Å². The summed E-state index contributed by atoms with van der Waals surface area (Å²) < 4.78 is 0. The van der Waals surface area contributed by atoms with Crippen molar-refractivity contribution in [3.05, 3.63) is 0 Å². The summed E-state index contributed by atoms with van der Waals surface area (Å²) in [5.41, 5.74) is 0. The molecule has 2 heteroatoms. The van der Waals surface area contributed by atoms with E-state index in [4.69, 9.17) is 5.11 Å². The first-order valence-electron chi connectivity index (χ1n) is 3.15. The Hall–Kier alpha value is -0.0800. The summed E-state index contributed by atoms with van der Waals surface area (Å²) >= 11 is 0. The molecular formula is C6H13NO. The molecule has 48 valence electrons. The third-order valence-corrected chi connectivity index (χ3v) is 1.88. The molecule has 0 aromatic rings. The highest BCUT2D eigenvalue weighted by Gasteiger charge is 2.18. The van der Waals surface area contributed by atoms with Gasteiger partial charge in [0.2, 0.25) is 0 Å². The predicted octanol–water partition coefficient (Wildman–Crippen LogP) is 0.0729. The zero-order valence-electron chi connectivity index (χ0n) is 5.30. The number of aliphatic hydroxyl groups is 1. The van der Waals surface area contributed by atoms with Crippen LogP contribution in [0.1, 0.15) is 12.8 Å². The smallest absolute Gasteiger partial charge is 0.0586 e. The van der Waals surface area contributed by atoms with E-state index in [0.717, 1.165) is 6.54 Å². The second-order valence-corrected chi connectivity index (χ2v) is 2.46. The van der Waals surface area contributed by atoms with Crippen LogP contribution in [-0.4, -0.2) is 36.2 Å². The highest BCUT2D eigenvalue weighted by Crippen LogP contribution is 2.12. The summed E-state index contributed by atoms with van der Waals surface area (Å²) in [6.45, 7) is 1.49. The Labute approximate surface area is 50.1 Å². The van der Waals surface area contributed by atoms with E-state index < -0.39 is 0 Å². The lowest BCUT2D eigenvalue weighted by atomic mass is 10.2. The van der Waals surface area contributed by atoms with Crippen LogP contribution in [-0.2, 0) is 0 Å². The van der Waals surface area contributed by atoms with Gasteiger partial charge in [0.15, 0.2) is 0 Å². The molecule has 2 nitrogen and oxygen atoms in total. The lowest BCUT2D eigenvalue weighted by Gasteiger charge is -2.15. The molecule has 1 rings (SSSR count). The van der Waals surface area contributed by atoms with Crippen LogP contribution in [0.5, 0.6) is 0 Å². The van der Waals surface area contributed by atoms with Crippen LogP contribution in [0.15, 0.2) is 0 Å². The summed E-state index contributed by atoms with van der Waals surface area (Å²) in [5, 5.41) is 8.69. The molecule has 1 fully saturated rings. The van der Waals surface area contributed by atoms with E-state index in [0.29, 0.717) is 12.6 Å². The lowest BCUT2D eigenvalue weighted by molar-refractivity contribution is 0.182. The minimum atomic E-state index is 0.330. The molecule has 0 unspecified atom stereocenters. The second kappa shape index (κ2) is 2.46. The Morgan fingerprint density at radius 2 is 2.50 bits per heavy atom. The van der Waals surface area contributed by atoms with Crippen LogP contribution in [0.3, 0.4) is 0 Å². The average molecular weight is 117 g/mol. The van der Waals surface area contributed by atoms with Crippen LogP contribution in [0.2, 0.25) is 0 Å². The first-order chi connectivity index (χ1) is 3.84. The molecule has 8 heavy (non-hydrogen) atoms. The molecule has 0 bridgehead atoms. The first kappa shape index (κ1) is 6.05. The Morgan fingerprint density at radius 1 is 1.75 bits per heavy atom. The van der Waals surface area contributed by atoms with Crippen molar-refractivity contribution >= 4 is 0 Å². The van der Waals surface area contributed by atoms with E-state index in [9.17, 15) is 0 Å². The van der Waals surface area contributed by atoms with Crippen molar-refractivity contribution in [1.82, 2.24) is 4.90 Å². The van der Waals surface area contributed by atoms with Gasteiger partial charge in [0.05, 0.1) is 6.61 Å². The molecule has 0 aromatic heterocycles. The SMILES string of the molecule is [14CH3]N1CCC[C@H]1CO. The van der Waals surface area contributed by atoms with Gasteiger partial charge < -0.3 is 10.0 Å². The zero-order valence-corrected chi connectivity index (χ0v) is 5.30. The van der Waals surface area contributed by atoms with Crippen molar-refractivity contribution < 1.29 is 5.11 Å². The summed E-state index contributed by atoms with van der Waals surface area (Å²) in [6, 6.07) is 0.454. The van der Waals surface area contributed by atoms with Gasteiger partial charge >= 0.3 is 0 Å². The molecular weight excluding hydrogens is 104 g/mol. The van der Waals surface area contributed by atoms with Crippen molar-refractivity contribution in [1.29, 1.82) is 0 Å². The van der Waals surface area contributed by atoms with Crippen LogP contribution in [0, 0.1) is 0 Å². The largest absolute Gasteiger partial charge is 0.395 e. The number of likely N-dealkylation sites (N-methyl/N-ethyl adjacent to an activating group) is 1. The maximum absolute atomic E-state index is 8.69. The standard InChI is InChI=1S/C6H13NO/c1-7-4-2-3-6(7)5-8/h6,8H,2-5H2,1H3/t6-/m0/s1/i1+2. The molecule has 1 aliphatic rings. The van der Waals surface area contributed by atoms with E-state index in [-0.39, 0.29) is 0 Å². The number of rotatable bonds is 1. The molecule has 0 aliphatic carbocycles. The maximum Gasteiger partial charge on any atom is 0.0586 e. The van der Waals surface area contributed by atoms with E-state index in [1.54, 1.807) is 0 Å². The number of hydrogen-bond acceptors (Lipinski definition) is 2. The number of aliphatic hydroxyl groups excluding tert-OH is 1. The molecule has 1 saturated heterocycles. The lowest BCUT2D eigenvalue weighted by Crippen LogP contribution is -2.27. The van der Waals surface area contributed by atoms with Crippen molar-refractivity contribution in [2.45, 2.75) is 18.9 Å². The fraction of sp³-hybridized carbons (Fsp3) is 1.00. The highest BCUT2D eigenvalue weighted by molar-refractivity contribution is 4.74. The molecule has 0 aromatic carbocycles. The third kappa shape index (κ3) is 1.01. The van der Waals surface area contributed by atoms with Crippen LogP contribution < -0.4 is 0 Å². The molecule has 0 saturated carbocycles. The average Bonchev–Trinajstić information content (AvgIpc) is 2.14. The van der Waals surface area contributed by atoms with Gasteiger partial charge in [-0.3, -0.25) is 0 Å². The fourth-order valence-electron chi connectivity index (χ4n) is 1.21. The minimum Gasteiger partial charge on any atom is -0.395 e. The Balaban J connectivity index is 2.30. The van der Waals surface area contributed by atoms with Gasteiger partial charge in [-0.2, -0.15) is 0 Å². The topological polar surface area (TPSA) is 23.5 Å². The van der Waals surface area contributed by atoms with Crippen LogP contribution in [0.25, 0.3) is 0 Å². The molecule has 1 atom stereocenters. The summed E-state index contributed by atoms with van der Waals surface area (Å²) in [4.78, 5) is 2.21. The minimum absolute atomic E-state index is 0.330. The Kier molecular flexibility index (Phi) is 1.86. The fourth-order valence-corrected chi connectivity index (χ4v) is 1.21. The van der Waals surface area contributed by atoms with E-state index >= 15 is 0 Å². The van der Waals surface area contributed by atoms with E-state index in [2.05, 4.69) is 11.9 Å². The number of hydrogen-bond donors (Lipinski definition) is 1. The third-order valence-electron chi connectivity index (χ3n) is 1.88. The normalized spacial score (nSPS) is 31.5. The number of likely N-dealkylation sites (tertiary alicyclic amines) is 1. The van der Waals surface area contributed by atoms with Gasteiger partial charge in [0.1, 0.15) is 0 Å². The monoisotopic (exact) mass is 117 g/mol. The Morgan fingerprint density at radius 3 is 2.75 bits per heavy atom. The van der Waals surface area contributed by atoms with Crippen molar-refractivity contribution in [2.75, 3.05) is 20.2 Å². The van der Waals surface area contributed by atoms with Crippen molar-refractivity contribution in [3.8, 4) is 0 Å². The van der Waals surface area contributed by atoms with Gasteiger partial charge in [0, 0.05) is 6.04 Å². The number of nitrogens with zero attached hydrogens (tertiary/aromatic N) is 1.